The van der Waals surface area contributed by atoms with Crippen molar-refractivity contribution in [2.75, 3.05) is 0 Å². The van der Waals surface area contributed by atoms with Crippen molar-refractivity contribution in [1.82, 2.24) is 14.7 Å². The van der Waals surface area contributed by atoms with Crippen LogP contribution in [0.2, 0.25) is 0 Å². The van der Waals surface area contributed by atoms with Crippen molar-refractivity contribution in [2.24, 2.45) is 5.73 Å². The molecule has 0 bridgehead atoms. The summed E-state index contributed by atoms with van der Waals surface area (Å²) in [5.74, 6) is 0.595. The van der Waals surface area contributed by atoms with Gasteiger partial charge in [-0.3, -0.25) is 0 Å². The van der Waals surface area contributed by atoms with E-state index in [1.807, 2.05) is 0 Å². The molecule has 2 aromatic rings. The summed E-state index contributed by atoms with van der Waals surface area (Å²) in [6.07, 6.45) is 1.59. The predicted octanol–water partition coefficient (Wildman–Crippen LogP) is 1.48. The number of nitrogens with one attached hydrogen (secondary N) is 1. The predicted molar refractivity (Wildman–Crippen MR) is 82.8 cm³/mol. The van der Waals surface area contributed by atoms with Gasteiger partial charge < -0.3 is 5.73 Å². The molecule has 0 saturated heterocycles. The maximum Gasteiger partial charge on any atom is 0.242 e. The van der Waals surface area contributed by atoms with Crippen molar-refractivity contribution in [3.63, 3.8) is 0 Å². The molecule has 0 atom stereocenters. The number of benzene rings is 1. The third-order valence-electron chi connectivity index (χ3n) is 2.80. The average molecular weight is 371 g/mol. The number of sulfonamides is 1. The minimum atomic E-state index is -3.65. The van der Waals surface area contributed by atoms with E-state index in [1.54, 1.807) is 37.4 Å². The Balaban J connectivity index is 2.22. The molecule has 0 aliphatic carbocycles. The van der Waals surface area contributed by atoms with Crippen LogP contribution in [0.25, 0.3) is 0 Å². The second kappa shape index (κ2) is 6.61. The van der Waals surface area contributed by atoms with Gasteiger partial charge >= 0.3 is 0 Å². The largest absolute Gasteiger partial charge is 0.326 e. The third kappa shape index (κ3) is 4.07. The van der Waals surface area contributed by atoms with E-state index < -0.39 is 10.0 Å². The summed E-state index contributed by atoms with van der Waals surface area (Å²) in [5.41, 5.74) is 6.90. The standard InChI is InChI=1S/C13H15BrN4O2S/c1-9-16-5-4-11(18-9)8-17-21(19,20)13-6-10(7-15)2-3-12(13)14/h2-6,17H,7-8,15H2,1H3. The molecule has 0 amide bonds. The summed E-state index contributed by atoms with van der Waals surface area (Å²) in [7, 11) is -3.65. The monoisotopic (exact) mass is 370 g/mol. The molecule has 0 spiro atoms. The second-order valence-electron chi connectivity index (χ2n) is 4.39. The van der Waals surface area contributed by atoms with E-state index in [1.165, 1.54) is 0 Å². The highest BCUT2D eigenvalue weighted by Gasteiger charge is 2.18. The summed E-state index contributed by atoms with van der Waals surface area (Å²) < 4.78 is 27.7. The molecule has 0 unspecified atom stereocenters. The van der Waals surface area contributed by atoms with Crippen molar-refractivity contribution in [3.8, 4) is 0 Å². The number of hydrogen-bond acceptors (Lipinski definition) is 5. The van der Waals surface area contributed by atoms with E-state index in [0.29, 0.717) is 16.0 Å². The zero-order valence-electron chi connectivity index (χ0n) is 11.4. The van der Waals surface area contributed by atoms with Crippen molar-refractivity contribution in [1.29, 1.82) is 0 Å². The lowest BCUT2D eigenvalue weighted by Gasteiger charge is -2.10. The number of aryl methyl sites for hydroxylation is 1. The van der Waals surface area contributed by atoms with Crippen molar-refractivity contribution < 1.29 is 8.42 Å². The molecule has 3 N–H and O–H groups in total. The van der Waals surface area contributed by atoms with Crippen LogP contribution in [0.5, 0.6) is 0 Å². The Labute approximate surface area is 132 Å². The Morgan fingerprint density at radius 3 is 2.76 bits per heavy atom. The van der Waals surface area contributed by atoms with Crippen LogP contribution in [0, 0.1) is 6.92 Å². The van der Waals surface area contributed by atoms with Crippen LogP contribution >= 0.6 is 15.9 Å². The molecule has 1 aromatic carbocycles. The van der Waals surface area contributed by atoms with Crippen LogP contribution in [0.15, 0.2) is 39.8 Å². The molecule has 0 aliphatic rings. The fourth-order valence-corrected chi connectivity index (χ4v) is 3.74. The Bertz CT molecular complexity index is 750. The summed E-state index contributed by atoms with van der Waals surface area (Å²) in [4.78, 5) is 8.29. The maximum atomic E-state index is 12.4. The van der Waals surface area contributed by atoms with E-state index in [4.69, 9.17) is 5.73 Å². The molecule has 8 heteroatoms. The van der Waals surface area contributed by atoms with Gasteiger partial charge in [0.2, 0.25) is 10.0 Å². The highest BCUT2D eigenvalue weighted by molar-refractivity contribution is 9.10. The molecule has 1 aromatic heterocycles. The fourth-order valence-electron chi connectivity index (χ4n) is 1.73. The van der Waals surface area contributed by atoms with Crippen LogP contribution < -0.4 is 10.5 Å². The zero-order valence-corrected chi connectivity index (χ0v) is 13.8. The maximum absolute atomic E-state index is 12.4. The van der Waals surface area contributed by atoms with Crippen molar-refractivity contribution >= 4 is 26.0 Å². The van der Waals surface area contributed by atoms with E-state index in [-0.39, 0.29) is 18.0 Å². The third-order valence-corrected chi connectivity index (χ3v) is 5.19. The zero-order chi connectivity index (χ0) is 15.5. The molecule has 0 aliphatic heterocycles. The average Bonchev–Trinajstić information content (AvgIpc) is 2.46. The number of halogens is 1. The molecule has 0 radical (unpaired) electrons. The van der Waals surface area contributed by atoms with Crippen LogP contribution in [-0.4, -0.2) is 18.4 Å². The first-order valence-corrected chi connectivity index (χ1v) is 8.46. The van der Waals surface area contributed by atoms with Gasteiger partial charge in [-0.1, -0.05) is 6.07 Å². The Morgan fingerprint density at radius 2 is 2.10 bits per heavy atom. The number of nitrogens with two attached hydrogens (primary N) is 1. The quantitative estimate of drug-likeness (QED) is 0.830. The van der Waals surface area contributed by atoms with E-state index in [2.05, 4.69) is 30.6 Å². The SMILES string of the molecule is Cc1nccc(CNS(=O)(=O)c2cc(CN)ccc2Br)n1. The lowest BCUT2D eigenvalue weighted by atomic mass is 10.2. The molecule has 2 rings (SSSR count). The van der Waals surface area contributed by atoms with Gasteiger partial charge in [-0.05, 0) is 46.6 Å². The molecule has 0 fully saturated rings. The first-order valence-electron chi connectivity index (χ1n) is 6.19. The van der Waals surface area contributed by atoms with E-state index in [0.717, 1.165) is 5.56 Å². The summed E-state index contributed by atoms with van der Waals surface area (Å²) in [6.45, 7) is 2.13. The summed E-state index contributed by atoms with van der Waals surface area (Å²) in [6, 6.07) is 6.67. The van der Waals surface area contributed by atoms with Gasteiger partial charge in [0, 0.05) is 17.2 Å². The van der Waals surface area contributed by atoms with Gasteiger partial charge in [-0.2, -0.15) is 0 Å². The normalized spacial score (nSPS) is 11.6. The summed E-state index contributed by atoms with van der Waals surface area (Å²) in [5, 5.41) is 0. The number of nitrogens with zero attached hydrogens (tertiary/aromatic N) is 2. The highest BCUT2D eigenvalue weighted by atomic mass is 79.9. The Morgan fingerprint density at radius 1 is 1.33 bits per heavy atom. The van der Waals surface area contributed by atoms with Crippen molar-refractivity contribution in [3.05, 3.63) is 52.0 Å². The lowest BCUT2D eigenvalue weighted by molar-refractivity contribution is 0.579. The van der Waals surface area contributed by atoms with Gasteiger partial charge in [0.1, 0.15) is 5.82 Å². The molecular weight excluding hydrogens is 356 g/mol. The van der Waals surface area contributed by atoms with E-state index in [9.17, 15) is 8.42 Å². The first kappa shape index (κ1) is 16.0. The molecule has 112 valence electrons. The number of rotatable bonds is 5. The van der Waals surface area contributed by atoms with Gasteiger partial charge in [0.25, 0.3) is 0 Å². The van der Waals surface area contributed by atoms with E-state index >= 15 is 0 Å². The van der Waals surface area contributed by atoms with Crippen LogP contribution in [0.1, 0.15) is 17.1 Å². The Kier molecular flexibility index (Phi) is 5.04. The molecular formula is C13H15BrN4O2S. The van der Waals surface area contributed by atoms with Gasteiger partial charge in [0.15, 0.2) is 0 Å². The smallest absolute Gasteiger partial charge is 0.242 e. The number of aromatic nitrogens is 2. The summed E-state index contributed by atoms with van der Waals surface area (Å²) >= 11 is 3.25. The lowest BCUT2D eigenvalue weighted by Crippen LogP contribution is -2.24. The van der Waals surface area contributed by atoms with Gasteiger partial charge in [-0.15, -0.1) is 0 Å². The van der Waals surface area contributed by atoms with Crippen LogP contribution in [-0.2, 0) is 23.1 Å². The molecule has 0 saturated carbocycles. The highest BCUT2D eigenvalue weighted by Crippen LogP contribution is 2.23. The minimum Gasteiger partial charge on any atom is -0.326 e. The number of hydrogen-bond donors (Lipinski definition) is 2. The second-order valence-corrected chi connectivity index (χ2v) is 6.98. The van der Waals surface area contributed by atoms with Crippen LogP contribution in [0.3, 0.4) is 0 Å². The van der Waals surface area contributed by atoms with Gasteiger partial charge in [-0.25, -0.2) is 23.1 Å². The van der Waals surface area contributed by atoms with Crippen LogP contribution in [0.4, 0.5) is 0 Å². The van der Waals surface area contributed by atoms with Gasteiger partial charge in [0.05, 0.1) is 17.1 Å². The molecule has 6 nitrogen and oxygen atoms in total. The first-order chi connectivity index (χ1) is 9.92. The fraction of sp³-hybridized carbons (Fsp3) is 0.231. The minimum absolute atomic E-state index is 0.102. The van der Waals surface area contributed by atoms with Crippen molar-refractivity contribution in [2.45, 2.75) is 24.9 Å². The molecule has 1 heterocycles. The molecule has 21 heavy (non-hydrogen) atoms. The topological polar surface area (TPSA) is 98.0 Å². The Hall–Kier alpha value is -1.35.